The van der Waals surface area contributed by atoms with Gasteiger partial charge in [-0.05, 0) is 36.4 Å². The van der Waals surface area contributed by atoms with E-state index in [1.165, 1.54) is 16.4 Å². The number of rotatable bonds is 8. The van der Waals surface area contributed by atoms with Crippen LogP contribution in [0, 0.1) is 0 Å². The molecule has 0 fully saturated rings. The van der Waals surface area contributed by atoms with Crippen LogP contribution >= 0.6 is 11.8 Å². The maximum Gasteiger partial charge on any atom is 0.274 e. The average Bonchev–Trinajstić information content (AvgIpc) is 2.69. The van der Waals surface area contributed by atoms with Gasteiger partial charge in [-0.2, -0.15) is 16.9 Å². The molecule has 0 bridgehead atoms. The van der Waals surface area contributed by atoms with E-state index >= 15 is 0 Å². The van der Waals surface area contributed by atoms with Gasteiger partial charge < -0.3 is 10.5 Å². The number of amides is 1. The van der Waals surface area contributed by atoms with E-state index in [1.807, 2.05) is 48.7 Å². The monoisotopic (exact) mass is 383 g/mol. The third-order valence-electron chi connectivity index (χ3n) is 4.28. The van der Waals surface area contributed by atoms with Crippen LogP contribution in [0.4, 0.5) is 0 Å². The van der Waals surface area contributed by atoms with Gasteiger partial charge in [0.15, 0.2) is 0 Å². The SMILES string of the molecule is CSC(Cc1ccc(OCCn2ncc3ccccc3c2=O)cc1)C(N)=O. The largest absolute Gasteiger partial charge is 0.492 e. The number of hydrogen-bond acceptors (Lipinski definition) is 5. The number of aromatic nitrogens is 2. The highest BCUT2D eigenvalue weighted by atomic mass is 32.2. The first-order valence-electron chi connectivity index (χ1n) is 8.57. The number of carbonyl (C=O) groups is 1. The molecule has 2 aromatic carbocycles. The number of ether oxygens (including phenoxy) is 1. The number of nitrogens with two attached hydrogens (primary N) is 1. The van der Waals surface area contributed by atoms with Crippen LogP contribution in [0.15, 0.2) is 59.5 Å². The van der Waals surface area contributed by atoms with Gasteiger partial charge in [0.2, 0.25) is 5.91 Å². The molecule has 0 aliphatic carbocycles. The quantitative estimate of drug-likeness (QED) is 0.645. The first-order chi connectivity index (χ1) is 13.1. The van der Waals surface area contributed by atoms with Crippen LogP contribution in [0.5, 0.6) is 5.75 Å². The Morgan fingerprint density at radius 1 is 1.22 bits per heavy atom. The van der Waals surface area contributed by atoms with Gasteiger partial charge in [-0.15, -0.1) is 0 Å². The predicted molar refractivity (Wildman–Crippen MR) is 108 cm³/mol. The molecule has 0 aliphatic heterocycles. The fraction of sp³-hybridized carbons (Fsp3) is 0.250. The normalized spacial score (nSPS) is 12.0. The van der Waals surface area contributed by atoms with Crippen molar-refractivity contribution >= 4 is 28.4 Å². The summed E-state index contributed by atoms with van der Waals surface area (Å²) in [4.78, 5) is 23.7. The van der Waals surface area contributed by atoms with Crippen molar-refractivity contribution in [3.63, 3.8) is 0 Å². The van der Waals surface area contributed by atoms with Gasteiger partial charge in [-0.3, -0.25) is 9.59 Å². The van der Waals surface area contributed by atoms with Gasteiger partial charge in [0.1, 0.15) is 12.4 Å². The maximum absolute atomic E-state index is 12.4. The molecule has 3 aromatic rings. The fourth-order valence-electron chi connectivity index (χ4n) is 2.77. The van der Waals surface area contributed by atoms with E-state index in [0.29, 0.717) is 30.7 Å². The van der Waals surface area contributed by atoms with Crippen LogP contribution in [-0.2, 0) is 17.8 Å². The molecule has 0 saturated heterocycles. The topological polar surface area (TPSA) is 87.2 Å². The molecule has 1 amide bonds. The van der Waals surface area contributed by atoms with E-state index in [9.17, 15) is 9.59 Å². The lowest BCUT2D eigenvalue weighted by Gasteiger charge is -2.11. The van der Waals surface area contributed by atoms with Crippen LogP contribution in [0.25, 0.3) is 10.8 Å². The molecule has 0 radical (unpaired) electrons. The Hall–Kier alpha value is -2.80. The lowest BCUT2D eigenvalue weighted by atomic mass is 10.1. The second-order valence-corrected chi connectivity index (χ2v) is 7.12. The number of primary amides is 1. The third kappa shape index (κ3) is 4.68. The van der Waals surface area contributed by atoms with Crippen molar-refractivity contribution in [2.45, 2.75) is 18.2 Å². The molecular formula is C20H21N3O3S. The summed E-state index contributed by atoms with van der Waals surface area (Å²) in [6.07, 6.45) is 4.15. The van der Waals surface area contributed by atoms with Crippen molar-refractivity contribution in [1.82, 2.24) is 9.78 Å². The first kappa shape index (κ1) is 19.0. The smallest absolute Gasteiger partial charge is 0.274 e. The van der Waals surface area contributed by atoms with Gasteiger partial charge >= 0.3 is 0 Å². The molecule has 3 rings (SSSR count). The molecule has 1 heterocycles. The highest BCUT2D eigenvalue weighted by Crippen LogP contribution is 2.17. The molecule has 1 unspecified atom stereocenters. The summed E-state index contributed by atoms with van der Waals surface area (Å²) in [6, 6.07) is 14.9. The summed E-state index contributed by atoms with van der Waals surface area (Å²) in [7, 11) is 0. The number of carbonyl (C=O) groups excluding carboxylic acids is 1. The summed E-state index contributed by atoms with van der Waals surface area (Å²) in [5, 5.41) is 5.43. The first-order valence-corrected chi connectivity index (χ1v) is 9.86. The Balaban J connectivity index is 1.59. The molecule has 2 N–H and O–H groups in total. The summed E-state index contributed by atoms with van der Waals surface area (Å²) in [5.74, 6) is 0.392. The Bertz CT molecular complexity index is 986. The van der Waals surface area contributed by atoms with Gasteiger partial charge in [0.05, 0.1) is 23.4 Å². The van der Waals surface area contributed by atoms with Gasteiger partial charge in [0, 0.05) is 5.39 Å². The fourth-order valence-corrected chi connectivity index (χ4v) is 3.36. The van der Waals surface area contributed by atoms with Crippen molar-refractivity contribution in [2.24, 2.45) is 5.73 Å². The molecule has 0 aliphatic rings. The van der Waals surface area contributed by atoms with E-state index < -0.39 is 0 Å². The molecule has 0 saturated carbocycles. The van der Waals surface area contributed by atoms with Crippen LogP contribution in [0.2, 0.25) is 0 Å². The van der Waals surface area contributed by atoms with Crippen LogP contribution in [0.1, 0.15) is 5.56 Å². The van der Waals surface area contributed by atoms with Gasteiger partial charge in [-0.25, -0.2) is 4.68 Å². The van der Waals surface area contributed by atoms with Crippen molar-refractivity contribution in [3.8, 4) is 5.75 Å². The zero-order valence-electron chi connectivity index (χ0n) is 15.0. The third-order valence-corrected chi connectivity index (χ3v) is 5.25. The van der Waals surface area contributed by atoms with Gasteiger partial charge in [-0.1, -0.05) is 30.3 Å². The predicted octanol–water partition coefficient (Wildman–Crippen LogP) is 2.23. The number of nitrogens with zero attached hydrogens (tertiary/aromatic N) is 2. The zero-order valence-corrected chi connectivity index (χ0v) is 15.8. The molecule has 140 valence electrons. The molecule has 6 nitrogen and oxygen atoms in total. The highest BCUT2D eigenvalue weighted by molar-refractivity contribution is 7.99. The van der Waals surface area contributed by atoms with Crippen molar-refractivity contribution in [2.75, 3.05) is 12.9 Å². The Morgan fingerprint density at radius 2 is 1.96 bits per heavy atom. The highest BCUT2D eigenvalue weighted by Gasteiger charge is 2.14. The number of fused-ring (bicyclic) bond motifs is 1. The lowest BCUT2D eigenvalue weighted by molar-refractivity contribution is -0.117. The van der Waals surface area contributed by atoms with E-state index in [2.05, 4.69) is 5.10 Å². The average molecular weight is 383 g/mol. The van der Waals surface area contributed by atoms with E-state index in [4.69, 9.17) is 10.5 Å². The number of thioether (sulfide) groups is 1. The van der Waals surface area contributed by atoms with Crippen LogP contribution in [0.3, 0.4) is 0 Å². The lowest BCUT2D eigenvalue weighted by Crippen LogP contribution is -2.27. The minimum atomic E-state index is -0.309. The minimum absolute atomic E-state index is 0.124. The van der Waals surface area contributed by atoms with Crippen molar-refractivity contribution in [1.29, 1.82) is 0 Å². The Kier molecular flexibility index (Phi) is 6.13. The maximum atomic E-state index is 12.4. The minimum Gasteiger partial charge on any atom is -0.492 e. The molecule has 1 aromatic heterocycles. The second-order valence-electron chi connectivity index (χ2n) is 6.08. The van der Waals surface area contributed by atoms with Crippen molar-refractivity contribution in [3.05, 3.63) is 70.6 Å². The molecule has 1 atom stereocenters. The Morgan fingerprint density at radius 3 is 2.67 bits per heavy atom. The number of benzene rings is 2. The second kappa shape index (κ2) is 8.73. The van der Waals surface area contributed by atoms with Crippen LogP contribution in [-0.4, -0.2) is 33.8 Å². The summed E-state index contributed by atoms with van der Waals surface area (Å²) in [6.45, 7) is 0.695. The molecule has 27 heavy (non-hydrogen) atoms. The molecular weight excluding hydrogens is 362 g/mol. The van der Waals surface area contributed by atoms with Crippen molar-refractivity contribution < 1.29 is 9.53 Å². The number of hydrogen-bond donors (Lipinski definition) is 1. The standard InChI is InChI=1S/C20H21N3O3S/c1-27-18(19(21)24)12-14-6-8-16(9-7-14)26-11-10-23-20(25)17-5-3-2-4-15(17)13-22-23/h2-9,13,18H,10-12H2,1H3,(H2,21,24). The molecule has 0 spiro atoms. The van der Waals surface area contributed by atoms with E-state index in [0.717, 1.165) is 10.9 Å². The van der Waals surface area contributed by atoms with E-state index in [1.54, 1.807) is 12.3 Å². The molecule has 7 heteroatoms. The van der Waals surface area contributed by atoms with Crippen LogP contribution < -0.4 is 16.0 Å². The zero-order chi connectivity index (χ0) is 19.2. The van der Waals surface area contributed by atoms with E-state index in [-0.39, 0.29) is 16.7 Å². The van der Waals surface area contributed by atoms with Gasteiger partial charge in [0.25, 0.3) is 5.56 Å². The summed E-state index contributed by atoms with van der Waals surface area (Å²) >= 11 is 1.45. The summed E-state index contributed by atoms with van der Waals surface area (Å²) in [5.41, 5.74) is 6.27. The summed E-state index contributed by atoms with van der Waals surface area (Å²) < 4.78 is 7.12. The Labute approximate surface area is 161 Å².